The molecular weight excluding hydrogens is 344 g/mol. The molecule has 1 aliphatic rings. The van der Waals surface area contributed by atoms with Crippen molar-refractivity contribution < 1.29 is 19.4 Å². The Hall–Kier alpha value is -2.86. The van der Waals surface area contributed by atoms with E-state index in [1.54, 1.807) is 24.3 Å². The Morgan fingerprint density at radius 2 is 1.74 bits per heavy atom. The lowest BCUT2D eigenvalue weighted by Gasteiger charge is -2.44. The molecule has 0 bridgehead atoms. The van der Waals surface area contributed by atoms with Gasteiger partial charge in [-0.2, -0.15) is 0 Å². The molecule has 0 aromatic heterocycles. The van der Waals surface area contributed by atoms with Crippen molar-refractivity contribution in [3.63, 3.8) is 0 Å². The number of aromatic hydroxyl groups is 1. The smallest absolute Gasteiger partial charge is 0.311 e. The van der Waals surface area contributed by atoms with E-state index in [0.717, 1.165) is 17.5 Å². The molecule has 6 heteroatoms. The highest BCUT2D eigenvalue weighted by Crippen LogP contribution is 2.40. The molecule has 142 valence electrons. The standard InChI is InChI=1S/C21H24N2O4/c1-3-4-20(26)27-18-11-7-16(8-12-18)21(14(2)13-19(25)22-23-21)15-5-9-17(24)10-6-15/h5-12,14,23-24H,3-4,13H2,1-2H3,(H,22,25). The molecule has 0 saturated carbocycles. The second-order valence-corrected chi connectivity index (χ2v) is 6.88. The van der Waals surface area contributed by atoms with Crippen LogP contribution in [-0.2, 0) is 15.1 Å². The number of hydrogen-bond donors (Lipinski definition) is 3. The summed E-state index contributed by atoms with van der Waals surface area (Å²) in [5.74, 6) is 0.311. The number of esters is 1. The minimum absolute atomic E-state index is 0.0377. The number of benzene rings is 2. The maximum absolute atomic E-state index is 11.8. The van der Waals surface area contributed by atoms with Crippen LogP contribution in [0.1, 0.15) is 44.2 Å². The van der Waals surface area contributed by atoms with Crippen molar-refractivity contribution in [3.05, 3.63) is 59.7 Å². The number of phenols is 1. The molecule has 0 radical (unpaired) electrons. The third-order valence-corrected chi connectivity index (χ3v) is 4.95. The lowest BCUT2D eigenvalue weighted by molar-refractivity contribution is -0.134. The van der Waals surface area contributed by atoms with Crippen molar-refractivity contribution in [1.82, 2.24) is 10.9 Å². The summed E-state index contributed by atoms with van der Waals surface area (Å²) in [5.41, 5.74) is 7.11. The fourth-order valence-corrected chi connectivity index (χ4v) is 3.55. The zero-order valence-electron chi connectivity index (χ0n) is 15.5. The lowest BCUT2D eigenvalue weighted by Crippen LogP contribution is -2.61. The lowest BCUT2D eigenvalue weighted by atomic mass is 9.72. The number of rotatable bonds is 5. The van der Waals surface area contributed by atoms with Gasteiger partial charge in [0.15, 0.2) is 0 Å². The number of carbonyl (C=O) groups is 2. The van der Waals surface area contributed by atoms with Crippen LogP contribution in [0.15, 0.2) is 48.5 Å². The van der Waals surface area contributed by atoms with Crippen LogP contribution in [0.2, 0.25) is 0 Å². The van der Waals surface area contributed by atoms with Gasteiger partial charge in [-0.25, -0.2) is 5.43 Å². The van der Waals surface area contributed by atoms with Gasteiger partial charge in [0.25, 0.3) is 0 Å². The molecule has 3 N–H and O–H groups in total. The topological polar surface area (TPSA) is 87.7 Å². The first-order chi connectivity index (χ1) is 13.0. The van der Waals surface area contributed by atoms with Gasteiger partial charge < -0.3 is 9.84 Å². The van der Waals surface area contributed by atoms with Crippen molar-refractivity contribution >= 4 is 11.9 Å². The van der Waals surface area contributed by atoms with Crippen LogP contribution in [0.25, 0.3) is 0 Å². The number of carbonyl (C=O) groups excluding carboxylic acids is 2. The van der Waals surface area contributed by atoms with E-state index in [-0.39, 0.29) is 23.5 Å². The van der Waals surface area contributed by atoms with E-state index in [2.05, 4.69) is 10.9 Å². The highest BCUT2D eigenvalue weighted by molar-refractivity contribution is 5.77. The molecule has 2 atom stereocenters. The van der Waals surface area contributed by atoms with Gasteiger partial charge in [-0.1, -0.05) is 38.1 Å². The van der Waals surface area contributed by atoms with Crippen LogP contribution in [0.4, 0.5) is 0 Å². The first-order valence-electron chi connectivity index (χ1n) is 9.12. The van der Waals surface area contributed by atoms with Crippen molar-refractivity contribution in [3.8, 4) is 11.5 Å². The predicted octanol–water partition coefficient (Wildman–Crippen LogP) is 3.00. The quantitative estimate of drug-likeness (QED) is 0.558. The van der Waals surface area contributed by atoms with E-state index in [9.17, 15) is 14.7 Å². The summed E-state index contributed by atoms with van der Waals surface area (Å²) in [4.78, 5) is 23.5. The van der Waals surface area contributed by atoms with Crippen molar-refractivity contribution in [2.24, 2.45) is 5.92 Å². The van der Waals surface area contributed by atoms with Crippen LogP contribution in [0.3, 0.4) is 0 Å². The Bertz CT molecular complexity index is 817. The van der Waals surface area contributed by atoms with E-state index in [0.29, 0.717) is 18.6 Å². The maximum Gasteiger partial charge on any atom is 0.311 e. The second kappa shape index (κ2) is 7.80. The van der Waals surface area contributed by atoms with Gasteiger partial charge >= 0.3 is 5.97 Å². The summed E-state index contributed by atoms with van der Waals surface area (Å²) in [6, 6.07) is 14.2. The fraction of sp³-hybridized carbons (Fsp3) is 0.333. The average Bonchev–Trinajstić information content (AvgIpc) is 2.64. The molecule has 3 rings (SSSR count). The Kier molecular flexibility index (Phi) is 5.46. The normalized spacial score (nSPS) is 22.1. The van der Waals surface area contributed by atoms with Crippen LogP contribution < -0.4 is 15.6 Å². The van der Waals surface area contributed by atoms with Crippen molar-refractivity contribution in [2.45, 2.75) is 38.6 Å². The Morgan fingerprint density at radius 3 is 2.30 bits per heavy atom. The molecule has 1 heterocycles. The minimum atomic E-state index is -0.659. The summed E-state index contributed by atoms with van der Waals surface area (Å²) in [6.45, 7) is 3.93. The van der Waals surface area contributed by atoms with Gasteiger partial charge in [0.05, 0.1) is 5.54 Å². The Labute approximate surface area is 158 Å². The van der Waals surface area contributed by atoms with Gasteiger partial charge in [-0.05, 0) is 47.7 Å². The molecular formula is C21H24N2O4. The zero-order valence-corrected chi connectivity index (χ0v) is 15.5. The molecule has 2 unspecified atom stereocenters. The number of hydrazine groups is 1. The van der Waals surface area contributed by atoms with Crippen molar-refractivity contribution in [2.75, 3.05) is 0 Å². The van der Waals surface area contributed by atoms with Crippen LogP contribution >= 0.6 is 0 Å². The van der Waals surface area contributed by atoms with E-state index in [1.807, 2.05) is 38.1 Å². The maximum atomic E-state index is 11.8. The minimum Gasteiger partial charge on any atom is -0.508 e. The Morgan fingerprint density at radius 1 is 1.15 bits per heavy atom. The van der Waals surface area contributed by atoms with Gasteiger partial charge in [0, 0.05) is 12.8 Å². The number of amides is 1. The molecule has 1 aliphatic heterocycles. The van der Waals surface area contributed by atoms with E-state index >= 15 is 0 Å². The summed E-state index contributed by atoms with van der Waals surface area (Å²) in [6.07, 6.45) is 1.48. The average molecular weight is 368 g/mol. The molecule has 1 fully saturated rings. The van der Waals surface area contributed by atoms with Gasteiger partial charge in [-0.3, -0.25) is 15.0 Å². The van der Waals surface area contributed by atoms with Gasteiger partial charge in [0.1, 0.15) is 11.5 Å². The van der Waals surface area contributed by atoms with Crippen LogP contribution in [0.5, 0.6) is 11.5 Å². The molecule has 0 aliphatic carbocycles. The molecule has 1 amide bonds. The largest absolute Gasteiger partial charge is 0.508 e. The number of nitrogens with one attached hydrogen (secondary N) is 2. The third kappa shape index (κ3) is 3.80. The first-order valence-corrected chi connectivity index (χ1v) is 9.12. The highest BCUT2D eigenvalue weighted by Gasteiger charge is 2.43. The molecule has 0 spiro atoms. The van der Waals surface area contributed by atoms with Crippen LogP contribution in [0, 0.1) is 5.92 Å². The monoisotopic (exact) mass is 368 g/mol. The highest BCUT2D eigenvalue weighted by atomic mass is 16.5. The Balaban J connectivity index is 1.97. The first kappa shape index (κ1) is 18.9. The summed E-state index contributed by atoms with van der Waals surface area (Å²) < 4.78 is 5.33. The molecule has 2 aromatic rings. The molecule has 6 nitrogen and oxygen atoms in total. The van der Waals surface area contributed by atoms with Gasteiger partial charge in [0.2, 0.25) is 5.91 Å². The van der Waals surface area contributed by atoms with E-state index in [1.165, 1.54) is 0 Å². The molecule has 1 saturated heterocycles. The van der Waals surface area contributed by atoms with Gasteiger partial charge in [-0.15, -0.1) is 0 Å². The second-order valence-electron chi connectivity index (χ2n) is 6.88. The SMILES string of the molecule is CCCC(=O)Oc1ccc(C2(c3ccc(O)cc3)NNC(=O)CC2C)cc1. The summed E-state index contributed by atoms with van der Waals surface area (Å²) >= 11 is 0. The number of ether oxygens (including phenoxy) is 1. The summed E-state index contributed by atoms with van der Waals surface area (Å²) in [5, 5.41) is 9.64. The number of phenolic OH excluding ortho intramolecular Hbond substituents is 1. The predicted molar refractivity (Wildman–Crippen MR) is 101 cm³/mol. The van der Waals surface area contributed by atoms with E-state index < -0.39 is 5.54 Å². The van der Waals surface area contributed by atoms with Crippen molar-refractivity contribution in [1.29, 1.82) is 0 Å². The third-order valence-electron chi connectivity index (χ3n) is 4.95. The molecule has 2 aromatic carbocycles. The summed E-state index contributed by atoms with van der Waals surface area (Å²) in [7, 11) is 0. The van der Waals surface area contributed by atoms with E-state index in [4.69, 9.17) is 4.74 Å². The van der Waals surface area contributed by atoms with Crippen LogP contribution in [-0.4, -0.2) is 17.0 Å². The number of hydrogen-bond acceptors (Lipinski definition) is 5. The fourth-order valence-electron chi connectivity index (χ4n) is 3.55. The zero-order chi connectivity index (χ0) is 19.4. The molecule has 27 heavy (non-hydrogen) atoms.